The first-order chi connectivity index (χ1) is 9.88. The summed E-state index contributed by atoms with van der Waals surface area (Å²) in [7, 11) is -1.92. The zero-order valence-corrected chi connectivity index (χ0v) is 13.3. The monoisotopic (exact) mass is 301 g/mol. The Morgan fingerprint density at radius 3 is 2.10 bits per heavy atom. The Balaban J connectivity index is 2.28. The van der Waals surface area contributed by atoms with Crippen LogP contribution in [0.5, 0.6) is 0 Å². The third-order valence-corrected chi connectivity index (χ3v) is 4.64. The molecule has 2 aromatic rings. The van der Waals surface area contributed by atoms with Crippen molar-refractivity contribution in [2.75, 3.05) is 11.4 Å². The lowest BCUT2D eigenvalue weighted by Crippen LogP contribution is -2.24. The normalized spacial score (nSPS) is 11.8. The van der Waals surface area contributed by atoms with Gasteiger partial charge in [-0.15, -0.1) is 0 Å². The van der Waals surface area contributed by atoms with Crippen molar-refractivity contribution in [1.29, 1.82) is 0 Å². The summed E-state index contributed by atoms with van der Waals surface area (Å²) < 4.78 is 26.0. The van der Waals surface area contributed by atoms with Gasteiger partial charge in [0, 0.05) is 7.05 Å². The lowest BCUT2D eigenvalue weighted by molar-refractivity contribution is 0.603. The van der Waals surface area contributed by atoms with E-state index in [1.54, 1.807) is 13.1 Å². The van der Waals surface area contributed by atoms with Crippen LogP contribution in [0.3, 0.4) is 0 Å². The summed E-state index contributed by atoms with van der Waals surface area (Å²) in [5, 5.41) is 1.24. The molecule has 4 heteroatoms. The maximum Gasteiger partial charge on any atom is 0.257 e. The van der Waals surface area contributed by atoms with Gasteiger partial charge in [0.25, 0.3) is 10.0 Å². The van der Waals surface area contributed by atoms with E-state index in [1.807, 2.05) is 62.4 Å². The lowest BCUT2D eigenvalue weighted by atomic mass is 10.1. The summed E-state index contributed by atoms with van der Waals surface area (Å²) in [4.78, 5) is 0. The molecule has 0 unspecified atom stereocenters. The van der Waals surface area contributed by atoms with Crippen LogP contribution in [0.2, 0.25) is 0 Å². The molecule has 0 aliphatic rings. The zero-order valence-electron chi connectivity index (χ0n) is 12.4. The molecule has 0 aromatic heterocycles. The number of nitrogens with zero attached hydrogens (tertiary/aromatic N) is 1. The van der Waals surface area contributed by atoms with E-state index >= 15 is 0 Å². The number of sulfonamides is 1. The van der Waals surface area contributed by atoms with E-state index in [-0.39, 0.29) is 0 Å². The van der Waals surface area contributed by atoms with Gasteiger partial charge in [-0.25, -0.2) is 8.42 Å². The summed E-state index contributed by atoms with van der Waals surface area (Å²) in [5.41, 5.74) is 3.61. The van der Waals surface area contributed by atoms with E-state index in [0.717, 1.165) is 16.7 Å². The minimum absolute atomic E-state index is 0.671. The fourth-order valence-electron chi connectivity index (χ4n) is 2.10. The molecule has 110 valence electrons. The minimum atomic E-state index is -3.49. The van der Waals surface area contributed by atoms with Gasteiger partial charge < -0.3 is 0 Å². The number of benzene rings is 2. The highest BCUT2D eigenvalue weighted by atomic mass is 32.2. The second-order valence-corrected chi connectivity index (χ2v) is 6.92. The standard InChI is InChI=1S/C17H19NO2S/c1-14-11-15(2)13-17(12-14)18(3)21(19,20)10-9-16-7-5-4-6-8-16/h4-13H,1-3H3/b10-9+. The first kappa shape index (κ1) is 15.3. The predicted octanol–water partition coefficient (Wildman–Crippen LogP) is 3.74. The van der Waals surface area contributed by atoms with Crippen molar-refractivity contribution in [3.05, 3.63) is 70.6 Å². The second-order valence-electron chi connectivity index (χ2n) is 5.07. The van der Waals surface area contributed by atoms with Crippen LogP contribution < -0.4 is 4.31 Å². The molecule has 2 rings (SSSR count). The molecule has 2 aromatic carbocycles. The van der Waals surface area contributed by atoms with Gasteiger partial charge >= 0.3 is 0 Å². The number of rotatable bonds is 4. The van der Waals surface area contributed by atoms with Gasteiger partial charge in [-0.05, 0) is 48.7 Å². The summed E-state index contributed by atoms with van der Waals surface area (Å²) in [6.07, 6.45) is 1.61. The van der Waals surface area contributed by atoms with Crippen LogP contribution in [0.25, 0.3) is 6.08 Å². The summed E-state index contributed by atoms with van der Waals surface area (Å²) in [5.74, 6) is 0. The third-order valence-electron chi connectivity index (χ3n) is 3.18. The average molecular weight is 301 g/mol. The fraction of sp³-hybridized carbons (Fsp3) is 0.176. The molecule has 21 heavy (non-hydrogen) atoms. The SMILES string of the molecule is Cc1cc(C)cc(N(C)S(=O)(=O)/C=C/c2ccccc2)c1. The highest BCUT2D eigenvalue weighted by Crippen LogP contribution is 2.21. The Kier molecular flexibility index (Phi) is 4.48. The first-order valence-electron chi connectivity index (χ1n) is 6.69. The van der Waals surface area contributed by atoms with Gasteiger partial charge in [0.1, 0.15) is 0 Å². The Hall–Kier alpha value is -2.07. The Bertz CT molecular complexity index is 729. The van der Waals surface area contributed by atoms with Crippen molar-refractivity contribution >= 4 is 21.8 Å². The molecular formula is C17H19NO2S. The lowest BCUT2D eigenvalue weighted by Gasteiger charge is -2.18. The van der Waals surface area contributed by atoms with Gasteiger partial charge in [0.2, 0.25) is 0 Å². The molecule has 0 radical (unpaired) electrons. The molecule has 3 nitrogen and oxygen atoms in total. The second kappa shape index (κ2) is 6.14. The van der Waals surface area contributed by atoms with E-state index in [4.69, 9.17) is 0 Å². The predicted molar refractivity (Wildman–Crippen MR) is 88.7 cm³/mol. The van der Waals surface area contributed by atoms with Crippen LogP contribution in [0.1, 0.15) is 16.7 Å². The molecule has 0 amide bonds. The average Bonchev–Trinajstić information content (AvgIpc) is 2.44. The minimum Gasteiger partial charge on any atom is -0.270 e. The smallest absolute Gasteiger partial charge is 0.257 e. The van der Waals surface area contributed by atoms with E-state index in [2.05, 4.69) is 0 Å². The molecule has 0 spiro atoms. The number of anilines is 1. The molecular weight excluding hydrogens is 282 g/mol. The largest absolute Gasteiger partial charge is 0.270 e. The van der Waals surface area contributed by atoms with Crippen molar-refractivity contribution in [3.8, 4) is 0 Å². The summed E-state index contributed by atoms with van der Waals surface area (Å²) in [6, 6.07) is 15.1. The highest BCUT2D eigenvalue weighted by Gasteiger charge is 2.15. The molecule has 0 aliphatic carbocycles. The molecule has 0 fully saturated rings. The molecule has 0 aliphatic heterocycles. The Labute approximate surface area is 126 Å². The van der Waals surface area contributed by atoms with Crippen molar-refractivity contribution in [2.45, 2.75) is 13.8 Å². The van der Waals surface area contributed by atoms with E-state index in [0.29, 0.717) is 5.69 Å². The first-order valence-corrected chi connectivity index (χ1v) is 8.19. The van der Waals surface area contributed by atoms with Gasteiger partial charge in [-0.1, -0.05) is 36.4 Å². The van der Waals surface area contributed by atoms with Crippen LogP contribution in [0.15, 0.2) is 53.9 Å². The molecule has 0 N–H and O–H groups in total. The Morgan fingerprint density at radius 2 is 1.52 bits per heavy atom. The topological polar surface area (TPSA) is 37.4 Å². The van der Waals surface area contributed by atoms with Crippen LogP contribution in [0, 0.1) is 13.8 Å². The van der Waals surface area contributed by atoms with Crippen LogP contribution >= 0.6 is 0 Å². The third kappa shape index (κ3) is 3.95. The van der Waals surface area contributed by atoms with Crippen molar-refractivity contribution in [3.63, 3.8) is 0 Å². The quantitative estimate of drug-likeness (QED) is 0.862. The van der Waals surface area contributed by atoms with Gasteiger partial charge in [0.05, 0.1) is 11.1 Å². The summed E-state index contributed by atoms with van der Waals surface area (Å²) >= 11 is 0. The van der Waals surface area contributed by atoms with E-state index in [1.165, 1.54) is 9.71 Å². The summed E-state index contributed by atoms with van der Waals surface area (Å²) in [6.45, 7) is 3.91. The maximum absolute atomic E-state index is 12.4. The van der Waals surface area contributed by atoms with Crippen molar-refractivity contribution in [2.24, 2.45) is 0 Å². The zero-order chi connectivity index (χ0) is 15.5. The molecule has 0 atom stereocenters. The van der Waals surface area contributed by atoms with Crippen LogP contribution in [-0.2, 0) is 10.0 Å². The maximum atomic E-state index is 12.4. The van der Waals surface area contributed by atoms with Crippen molar-refractivity contribution in [1.82, 2.24) is 0 Å². The van der Waals surface area contributed by atoms with Gasteiger partial charge in [-0.2, -0.15) is 0 Å². The number of aryl methyl sites for hydroxylation is 2. The van der Waals surface area contributed by atoms with Crippen molar-refractivity contribution < 1.29 is 8.42 Å². The highest BCUT2D eigenvalue weighted by molar-refractivity contribution is 7.95. The Morgan fingerprint density at radius 1 is 0.952 bits per heavy atom. The van der Waals surface area contributed by atoms with Crippen LogP contribution in [0.4, 0.5) is 5.69 Å². The van der Waals surface area contributed by atoms with Gasteiger partial charge in [-0.3, -0.25) is 4.31 Å². The van der Waals surface area contributed by atoms with E-state index < -0.39 is 10.0 Å². The van der Waals surface area contributed by atoms with E-state index in [9.17, 15) is 8.42 Å². The molecule has 0 saturated heterocycles. The number of hydrogen-bond acceptors (Lipinski definition) is 2. The van der Waals surface area contributed by atoms with Crippen LogP contribution in [-0.4, -0.2) is 15.5 Å². The molecule has 0 saturated carbocycles. The molecule has 0 bridgehead atoms. The van der Waals surface area contributed by atoms with Gasteiger partial charge in [0.15, 0.2) is 0 Å². The fourth-order valence-corrected chi connectivity index (χ4v) is 3.01. The number of hydrogen-bond donors (Lipinski definition) is 0. The molecule has 0 heterocycles.